The minimum Gasteiger partial charge on any atom is -0.364 e. The van der Waals surface area contributed by atoms with Crippen LogP contribution in [0.4, 0.5) is 11.5 Å². The summed E-state index contributed by atoms with van der Waals surface area (Å²) >= 11 is 0. The molecule has 0 atom stereocenters. The Hall–Kier alpha value is -2.50. The second-order valence-electron chi connectivity index (χ2n) is 4.72. The van der Waals surface area contributed by atoms with E-state index in [-0.39, 0.29) is 5.69 Å². The fourth-order valence-electron chi connectivity index (χ4n) is 2.01. The molecule has 1 N–H and O–H groups in total. The maximum absolute atomic E-state index is 11.2. The molecule has 2 heterocycles. The molecule has 0 spiro atoms. The van der Waals surface area contributed by atoms with Crippen LogP contribution in [0.5, 0.6) is 0 Å². The summed E-state index contributed by atoms with van der Waals surface area (Å²) in [5.74, 6) is 0.328. The van der Waals surface area contributed by atoms with Gasteiger partial charge in [0.25, 0.3) is 0 Å². The lowest BCUT2D eigenvalue weighted by Gasteiger charge is -2.07. The third-order valence-electron chi connectivity index (χ3n) is 3.15. The summed E-state index contributed by atoms with van der Waals surface area (Å²) in [6.45, 7) is 2.81. The van der Waals surface area contributed by atoms with E-state index in [0.29, 0.717) is 17.9 Å². The minimum absolute atomic E-state index is 0.000751. The van der Waals surface area contributed by atoms with Crippen LogP contribution >= 0.6 is 0 Å². The largest absolute Gasteiger partial charge is 0.364 e. The molecule has 0 bridgehead atoms. The SMILES string of the molecule is CCCCCNc1ncc(-c2ccncc2)cc1[N+](=O)[O-]. The predicted molar refractivity (Wildman–Crippen MR) is 82.1 cm³/mol. The maximum Gasteiger partial charge on any atom is 0.311 e. The van der Waals surface area contributed by atoms with E-state index in [1.165, 1.54) is 0 Å². The molecule has 0 saturated heterocycles. The topological polar surface area (TPSA) is 81.0 Å². The zero-order valence-electron chi connectivity index (χ0n) is 12.0. The van der Waals surface area contributed by atoms with Crippen LogP contribution in [0.15, 0.2) is 36.8 Å². The highest BCUT2D eigenvalue weighted by Gasteiger charge is 2.16. The standard InChI is InChI=1S/C15H18N4O2/c1-2-3-4-7-17-15-14(19(20)21)10-13(11-18-15)12-5-8-16-9-6-12/h5-6,8-11H,2-4,7H2,1H3,(H,17,18). The monoisotopic (exact) mass is 286 g/mol. The van der Waals surface area contributed by atoms with Gasteiger partial charge in [0.05, 0.1) is 4.92 Å². The summed E-state index contributed by atoms with van der Waals surface area (Å²) in [5, 5.41) is 14.3. The summed E-state index contributed by atoms with van der Waals surface area (Å²) in [7, 11) is 0. The summed E-state index contributed by atoms with van der Waals surface area (Å²) < 4.78 is 0. The third kappa shape index (κ3) is 3.98. The number of rotatable bonds is 7. The first-order valence-corrected chi connectivity index (χ1v) is 7.01. The quantitative estimate of drug-likeness (QED) is 0.477. The van der Waals surface area contributed by atoms with Crippen molar-refractivity contribution in [2.75, 3.05) is 11.9 Å². The van der Waals surface area contributed by atoms with Gasteiger partial charge < -0.3 is 5.32 Å². The number of hydrogen-bond acceptors (Lipinski definition) is 5. The highest BCUT2D eigenvalue weighted by Crippen LogP contribution is 2.28. The zero-order chi connectivity index (χ0) is 15.1. The van der Waals surface area contributed by atoms with Crippen LogP contribution in [0.1, 0.15) is 26.2 Å². The van der Waals surface area contributed by atoms with E-state index in [1.54, 1.807) is 36.8 Å². The molecule has 6 nitrogen and oxygen atoms in total. The predicted octanol–water partition coefficient (Wildman–Crippen LogP) is 3.65. The summed E-state index contributed by atoms with van der Waals surface area (Å²) in [6.07, 6.45) is 8.12. The molecule has 0 aliphatic carbocycles. The molecule has 0 saturated carbocycles. The normalized spacial score (nSPS) is 10.3. The molecule has 0 radical (unpaired) electrons. The molecule has 110 valence electrons. The van der Waals surface area contributed by atoms with Crippen LogP contribution in [0.25, 0.3) is 11.1 Å². The summed E-state index contributed by atoms with van der Waals surface area (Å²) in [6, 6.07) is 5.15. The second-order valence-corrected chi connectivity index (χ2v) is 4.72. The van der Waals surface area contributed by atoms with Gasteiger partial charge in [0.2, 0.25) is 5.82 Å². The molecule has 0 amide bonds. The van der Waals surface area contributed by atoms with Crippen molar-refractivity contribution in [1.29, 1.82) is 0 Å². The van der Waals surface area contributed by atoms with E-state index in [1.807, 2.05) is 0 Å². The number of nitro groups is 1. The van der Waals surface area contributed by atoms with Gasteiger partial charge in [-0.2, -0.15) is 0 Å². The Morgan fingerprint density at radius 3 is 2.67 bits per heavy atom. The molecule has 2 aromatic rings. The van der Waals surface area contributed by atoms with Gasteiger partial charge in [0.15, 0.2) is 0 Å². The molecule has 21 heavy (non-hydrogen) atoms. The van der Waals surface area contributed by atoms with E-state index < -0.39 is 4.92 Å². The van der Waals surface area contributed by atoms with Gasteiger partial charge >= 0.3 is 5.69 Å². The number of anilines is 1. The van der Waals surface area contributed by atoms with Crippen molar-refractivity contribution in [3.05, 3.63) is 46.9 Å². The van der Waals surface area contributed by atoms with Crippen LogP contribution in [0.2, 0.25) is 0 Å². The molecule has 0 aromatic carbocycles. The van der Waals surface area contributed by atoms with E-state index in [2.05, 4.69) is 22.2 Å². The average molecular weight is 286 g/mol. The Morgan fingerprint density at radius 2 is 2.00 bits per heavy atom. The highest BCUT2D eigenvalue weighted by molar-refractivity contribution is 5.69. The van der Waals surface area contributed by atoms with E-state index in [4.69, 9.17) is 0 Å². The van der Waals surface area contributed by atoms with Gasteiger partial charge in [-0.1, -0.05) is 19.8 Å². The molecule has 0 fully saturated rings. The van der Waals surface area contributed by atoms with Crippen LogP contribution in [0.3, 0.4) is 0 Å². The van der Waals surface area contributed by atoms with Crippen LogP contribution in [0, 0.1) is 10.1 Å². The van der Waals surface area contributed by atoms with Gasteiger partial charge in [-0.15, -0.1) is 0 Å². The fraction of sp³-hybridized carbons (Fsp3) is 0.333. The van der Waals surface area contributed by atoms with Gasteiger partial charge in [-0.25, -0.2) is 4.98 Å². The van der Waals surface area contributed by atoms with E-state index in [9.17, 15) is 10.1 Å². The van der Waals surface area contributed by atoms with Crippen molar-refractivity contribution in [2.45, 2.75) is 26.2 Å². The number of hydrogen-bond donors (Lipinski definition) is 1. The van der Waals surface area contributed by atoms with Crippen molar-refractivity contribution in [1.82, 2.24) is 9.97 Å². The Labute approximate surface area is 123 Å². The van der Waals surface area contributed by atoms with E-state index >= 15 is 0 Å². The number of nitrogens with one attached hydrogen (secondary N) is 1. The molecule has 2 rings (SSSR count). The zero-order valence-corrected chi connectivity index (χ0v) is 12.0. The van der Waals surface area contributed by atoms with Crippen molar-refractivity contribution in [2.24, 2.45) is 0 Å². The van der Waals surface area contributed by atoms with Crippen molar-refractivity contribution in [3.8, 4) is 11.1 Å². The third-order valence-corrected chi connectivity index (χ3v) is 3.15. The molecule has 6 heteroatoms. The highest BCUT2D eigenvalue weighted by atomic mass is 16.6. The van der Waals surface area contributed by atoms with Gasteiger partial charge in [0, 0.05) is 36.8 Å². The number of unbranched alkanes of at least 4 members (excludes halogenated alkanes) is 2. The van der Waals surface area contributed by atoms with Crippen molar-refractivity contribution >= 4 is 11.5 Å². The van der Waals surface area contributed by atoms with Crippen LogP contribution in [-0.2, 0) is 0 Å². The minimum atomic E-state index is -0.403. The van der Waals surface area contributed by atoms with Crippen LogP contribution < -0.4 is 5.32 Å². The lowest BCUT2D eigenvalue weighted by Crippen LogP contribution is -2.06. The molecular formula is C15H18N4O2. The Morgan fingerprint density at radius 1 is 1.24 bits per heavy atom. The summed E-state index contributed by atoms with van der Waals surface area (Å²) in [4.78, 5) is 18.9. The van der Waals surface area contributed by atoms with E-state index in [0.717, 1.165) is 24.8 Å². The smallest absolute Gasteiger partial charge is 0.311 e. The molecule has 0 unspecified atom stereocenters. The number of aromatic nitrogens is 2. The van der Waals surface area contributed by atoms with Crippen molar-refractivity contribution < 1.29 is 4.92 Å². The lowest BCUT2D eigenvalue weighted by molar-refractivity contribution is -0.384. The van der Waals surface area contributed by atoms with Crippen LogP contribution in [-0.4, -0.2) is 21.4 Å². The maximum atomic E-state index is 11.2. The number of nitrogens with zero attached hydrogens (tertiary/aromatic N) is 3. The Kier molecular flexibility index (Phi) is 5.20. The average Bonchev–Trinajstić information content (AvgIpc) is 2.52. The van der Waals surface area contributed by atoms with Crippen molar-refractivity contribution in [3.63, 3.8) is 0 Å². The molecule has 0 aliphatic rings. The van der Waals surface area contributed by atoms with Gasteiger partial charge in [0.1, 0.15) is 0 Å². The molecule has 2 aromatic heterocycles. The summed E-state index contributed by atoms with van der Waals surface area (Å²) in [5.41, 5.74) is 1.57. The van der Waals surface area contributed by atoms with Gasteiger partial charge in [-0.05, 0) is 24.1 Å². The molecule has 0 aliphatic heterocycles. The van der Waals surface area contributed by atoms with Gasteiger partial charge in [-0.3, -0.25) is 15.1 Å². The lowest BCUT2D eigenvalue weighted by atomic mass is 10.1. The first-order valence-electron chi connectivity index (χ1n) is 7.01. The first-order chi connectivity index (χ1) is 10.2. The Bertz CT molecular complexity index is 602. The molecular weight excluding hydrogens is 268 g/mol. The fourth-order valence-corrected chi connectivity index (χ4v) is 2.01. The number of pyridine rings is 2. The first kappa shape index (κ1) is 14.9. The second kappa shape index (κ2) is 7.33. The Balaban J connectivity index is 2.21.